The summed E-state index contributed by atoms with van der Waals surface area (Å²) in [7, 11) is 0. The smallest absolute Gasteiger partial charge is 0.300 e. The van der Waals surface area contributed by atoms with Gasteiger partial charge in [0.25, 0.3) is 6.01 Å². The molecule has 1 aromatic heterocycles. The number of ketones is 1. The molecule has 4 nitrogen and oxygen atoms in total. The fourth-order valence-electron chi connectivity index (χ4n) is 2.43. The van der Waals surface area contributed by atoms with E-state index in [9.17, 15) is 13.6 Å². The molecule has 0 spiro atoms. The summed E-state index contributed by atoms with van der Waals surface area (Å²) in [6.45, 7) is 5.38. The van der Waals surface area contributed by atoms with E-state index in [1.807, 2.05) is 19.9 Å². The molecule has 0 unspecified atom stereocenters. The van der Waals surface area contributed by atoms with Gasteiger partial charge in [0.1, 0.15) is 11.3 Å². The number of halogens is 2. The number of nitrogens with one attached hydrogen (secondary N) is 1. The molecule has 2 aromatic carbocycles. The van der Waals surface area contributed by atoms with E-state index in [2.05, 4.69) is 10.3 Å². The number of hydrogen-bond acceptors (Lipinski definition) is 4. The second-order valence-electron chi connectivity index (χ2n) is 6.33. The Morgan fingerprint density at radius 1 is 1.20 bits per heavy atom. The summed E-state index contributed by atoms with van der Waals surface area (Å²) in [4.78, 5) is 16.1. The number of Topliss-reactive ketones (excluding diaryl/α,β-unsaturated/α-hetero) is 1. The first kappa shape index (κ1) is 17.1. The van der Waals surface area contributed by atoms with Crippen LogP contribution in [0.5, 0.6) is 0 Å². The molecule has 0 atom stereocenters. The summed E-state index contributed by atoms with van der Waals surface area (Å²) in [5, 5.41) is 2.86. The van der Waals surface area contributed by atoms with E-state index in [1.54, 1.807) is 19.1 Å². The van der Waals surface area contributed by atoms with Gasteiger partial charge in [0, 0.05) is 24.1 Å². The average molecular weight is 344 g/mol. The number of fused-ring (bicyclic) bond motifs is 1. The molecule has 0 fully saturated rings. The normalized spacial score (nSPS) is 11.3. The Balaban J connectivity index is 1.86. The first-order chi connectivity index (χ1) is 11.8. The van der Waals surface area contributed by atoms with Gasteiger partial charge in [0.2, 0.25) is 0 Å². The molecule has 3 rings (SSSR count). The third-order valence-corrected chi connectivity index (χ3v) is 3.98. The van der Waals surface area contributed by atoms with Gasteiger partial charge in [-0.1, -0.05) is 19.9 Å². The molecule has 1 heterocycles. The van der Waals surface area contributed by atoms with E-state index >= 15 is 0 Å². The van der Waals surface area contributed by atoms with Crippen LogP contribution in [0.15, 0.2) is 34.7 Å². The van der Waals surface area contributed by atoms with Crippen molar-refractivity contribution in [2.24, 2.45) is 5.92 Å². The van der Waals surface area contributed by atoms with Gasteiger partial charge in [0.15, 0.2) is 17.2 Å². The van der Waals surface area contributed by atoms with Crippen LogP contribution in [0.3, 0.4) is 0 Å². The molecule has 130 valence electrons. The number of nitrogens with zero attached hydrogens (tertiary/aromatic N) is 1. The summed E-state index contributed by atoms with van der Waals surface area (Å²) in [6.07, 6.45) is 0.333. The van der Waals surface area contributed by atoms with Crippen molar-refractivity contribution >= 4 is 28.6 Å². The van der Waals surface area contributed by atoms with Gasteiger partial charge in [0.05, 0.1) is 0 Å². The van der Waals surface area contributed by atoms with Crippen LogP contribution in [0.4, 0.5) is 20.5 Å². The van der Waals surface area contributed by atoms with Crippen LogP contribution in [0.2, 0.25) is 0 Å². The molecule has 0 radical (unpaired) electrons. The lowest BCUT2D eigenvalue weighted by Gasteiger charge is -2.06. The van der Waals surface area contributed by atoms with E-state index in [0.717, 1.165) is 17.7 Å². The maximum atomic E-state index is 13.4. The van der Waals surface area contributed by atoms with Crippen molar-refractivity contribution in [3.63, 3.8) is 0 Å². The second-order valence-corrected chi connectivity index (χ2v) is 6.33. The Morgan fingerprint density at radius 3 is 2.64 bits per heavy atom. The molecule has 25 heavy (non-hydrogen) atoms. The van der Waals surface area contributed by atoms with E-state index < -0.39 is 11.6 Å². The van der Waals surface area contributed by atoms with Gasteiger partial charge >= 0.3 is 0 Å². The minimum Gasteiger partial charge on any atom is -0.423 e. The minimum atomic E-state index is -0.946. The predicted octanol–water partition coefficient (Wildman–Crippen LogP) is 4.93. The zero-order chi connectivity index (χ0) is 18.1. The van der Waals surface area contributed by atoms with Gasteiger partial charge in [-0.15, -0.1) is 0 Å². The van der Waals surface area contributed by atoms with Crippen LogP contribution in [0, 0.1) is 24.5 Å². The summed E-state index contributed by atoms with van der Waals surface area (Å²) in [5.74, 6) is -1.73. The predicted molar refractivity (Wildman–Crippen MR) is 91.9 cm³/mol. The van der Waals surface area contributed by atoms with Crippen LogP contribution in [-0.4, -0.2) is 10.8 Å². The Bertz CT molecular complexity index is 948. The zero-order valence-electron chi connectivity index (χ0n) is 14.2. The summed E-state index contributed by atoms with van der Waals surface area (Å²) in [5.41, 5.74) is 2.89. The van der Waals surface area contributed by atoms with E-state index in [1.165, 1.54) is 0 Å². The van der Waals surface area contributed by atoms with Gasteiger partial charge in [-0.25, -0.2) is 8.78 Å². The number of aryl methyl sites for hydroxylation is 1. The average Bonchev–Trinajstić information content (AvgIpc) is 2.94. The zero-order valence-corrected chi connectivity index (χ0v) is 14.2. The lowest BCUT2D eigenvalue weighted by Crippen LogP contribution is -2.09. The van der Waals surface area contributed by atoms with Gasteiger partial charge < -0.3 is 9.73 Å². The topological polar surface area (TPSA) is 55.1 Å². The summed E-state index contributed by atoms with van der Waals surface area (Å²) in [6, 6.07) is 7.72. The highest BCUT2D eigenvalue weighted by Gasteiger charge is 2.13. The second kappa shape index (κ2) is 6.63. The van der Waals surface area contributed by atoms with E-state index in [4.69, 9.17) is 4.42 Å². The number of aromatic nitrogens is 1. The molecule has 0 saturated heterocycles. The Morgan fingerprint density at radius 2 is 1.92 bits per heavy atom. The Hall–Kier alpha value is -2.76. The Kier molecular flexibility index (Phi) is 4.53. The van der Waals surface area contributed by atoms with Crippen molar-refractivity contribution < 1.29 is 18.0 Å². The van der Waals surface area contributed by atoms with Crippen LogP contribution >= 0.6 is 0 Å². The maximum absolute atomic E-state index is 13.4. The van der Waals surface area contributed by atoms with Crippen molar-refractivity contribution in [2.45, 2.75) is 27.2 Å². The monoisotopic (exact) mass is 344 g/mol. The molecule has 0 bridgehead atoms. The number of carbonyl (C=O) groups is 1. The van der Waals surface area contributed by atoms with Crippen molar-refractivity contribution in [3.05, 3.63) is 53.1 Å². The standard InChI is InChI=1S/C19H18F2N2O2/c1-10(2)17(24)7-12-4-5-15-18(8-12)25-19(22-15)23-16-9-14(21)13(20)6-11(16)3/h4-6,8-10H,7H2,1-3H3,(H,22,23). The van der Waals surface area contributed by atoms with Crippen molar-refractivity contribution in [3.8, 4) is 0 Å². The van der Waals surface area contributed by atoms with Crippen LogP contribution in [-0.2, 0) is 11.2 Å². The summed E-state index contributed by atoms with van der Waals surface area (Å²) < 4.78 is 32.2. The highest BCUT2D eigenvalue weighted by Crippen LogP contribution is 2.26. The van der Waals surface area contributed by atoms with E-state index in [-0.39, 0.29) is 17.7 Å². The number of anilines is 2. The fourth-order valence-corrected chi connectivity index (χ4v) is 2.43. The quantitative estimate of drug-likeness (QED) is 0.713. The molecule has 3 aromatic rings. The molecule has 0 aliphatic carbocycles. The summed E-state index contributed by atoms with van der Waals surface area (Å²) >= 11 is 0. The van der Waals surface area contributed by atoms with Crippen molar-refractivity contribution in [1.82, 2.24) is 4.98 Å². The minimum absolute atomic E-state index is 0.0287. The molecule has 0 aliphatic heterocycles. The van der Waals surface area contributed by atoms with Crippen molar-refractivity contribution in [1.29, 1.82) is 0 Å². The van der Waals surface area contributed by atoms with Crippen LogP contribution in [0.1, 0.15) is 25.0 Å². The molecule has 6 heteroatoms. The van der Waals surface area contributed by atoms with Crippen molar-refractivity contribution in [2.75, 3.05) is 5.32 Å². The lowest BCUT2D eigenvalue weighted by atomic mass is 10.0. The third kappa shape index (κ3) is 3.68. The molecular formula is C19H18F2N2O2. The van der Waals surface area contributed by atoms with Crippen LogP contribution < -0.4 is 5.32 Å². The molecule has 1 N–H and O–H groups in total. The number of benzene rings is 2. The molecular weight excluding hydrogens is 326 g/mol. The first-order valence-electron chi connectivity index (χ1n) is 7.98. The molecule has 0 saturated carbocycles. The number of carbonyl (C=O) groups excluding carboxylic acids is 1. The number of rotatable bonds is 5. The van der Waals surface area contributed by atoms with Gasteiger partial charge in [-0.05, 0) is 36.2 Å². The Labute approximate surface area is 143 Å². The largest absolute Gasteiger partial charge is 0.423 e. The lowest BCUT2D eigenvalue weighted by molar-refractivity contribution is -0.121. The van der Waals surface area contributed by atoms with Gasteiger partial charge in [-0.3, -0.25) is 4.79 Å². The third-order valence-electron chi connectivity index (χ3n) is 3.98. The van der Waals surface area contributed by atoms with E-state index in [0.29, 0.717) is 28.8 Å². The number of oxazole rings is 1. The highest BCUT2D eigenvalue weighted by molar-refractivity contribution is 5.84. The number of hydrogen-bond donors (Lipinski definition) is 1. The highest BCUT2D eigenvalue weighted by atomic mass is 19.2. The molecule has 0 aliphatic rings. The fraction of sp³-hybridized carbons (Fsp3) is 0.263. The molecule has 0 amide bonds. The maximum Gasteiger partial charge on any atom is 0.300 e. The van der Waals surface area contributed by atoms with Gasteiger partial charge in [-0.2, -0.15) is 4.98 Å². The first-order valence-corrected chi connectivity index (χ1v) is 7.98. The SMILES string of the molecule is Cc1cc(F)c(F)cc1Nc1nc2ccc(CC(=O)C(C)C)cc2o1. The van der Waals surface area contributed by atoms with Crippen LogP contribution in [0.25, 0.3) is 11.1 Å².